The summed E-state index contributed by atoms with van der Waals surface area (Å²) in [6, 6.07) is 18.2. The van der Waals surface area contributed by atoms with Crippen molar-refractivity contribution in [3.8, 4) is 0 Å². The number of rotatable bonds is 0. The maximum absolute atomic E-state index is 3.31. The molecule has 0 spiro atoms. The van der Waals surface area contributed by atoms with Crippen LogP contribution in [0.5, 0.6) is 0 Å². The van der Waals surface area contributed by atoms with E-state index in [0.29, 0.717) is 0 Å². The van der Waals surface area contributed by atoms with E-state index < -0.39 is 0 Å². The molecular formula is C17H13Cl2PZr. The second kappa shape index (κ2) is 10.4. The quantitative estimate of drug-likeness (QED) is 0.423. The van der Waals surface area contributed by atoms with Crippen molar-refractivity contribution in [1.82, 2.24) is 0 Å². The van der Waals surface area contributed by atoms with Crippen LogP contribution in [0.2, 0.25) is 0 Å². The topological polar surface area (TPSA) is 0 Å². The van der Waals surface area contributed by atoms with Gasteiger partial charge in [0.05, 0.1) is 0 Å². The van der Waals surface area contributed by atoms with Crippen molar-refractivity contribution in [3.05, 3.63) is 72.8 Å². The van der Waals surface area contributed by atoms with Crippen LogP contribution in [0, 0.1) is 12.1 Å². The van der Waals surface area contributed by atoms with E-state index in [1.807, 2.05) is 18.2 Å². The Kier molecular flexibility index (Phi) is 10.3. The van der Waals surface area contributed by atoms with Crippen molar-refractivity contribution in [1.29, 1.82) is 0 Å². The zero-order valence-corrected chi connectivity index (χ0v) is 16.2. The number of hydrogen-bond acceptors (Lipinski definition) is 0. The van der Waals surface area contributed by atoms with Crippen LogP contribution in [0.15, 0.2) is 60.7 Å². The Morgan fingerprint density at radius 1 is 0.952 bits per heavy atom. The number of halogens is 2. The normalized spacial score (nSPS) is 11.4. The van der Waals surface area contributed by atoms with Crippen LogP contribution in [0.1, 0.15) is 6.42 Å². The molecule has 1 aliphatic carbocycles. The average molecular weight is 410 g/mol. The first-order valence-corrected chi connectivity index (χ1v) is 7.04. The average Bonchev–Trinajstić information content (AvgIpc) is 3.10. The van der Waals surface area contributed by atoms with Gasteiger partial charge < -0.3 is 24.8 Å². The van der Waals surface area contributed by atoms with Crippen LogP contribution in [0.3, 0.4) is 0 Å². The van der Waals surface area contributed by atoms with Crippen molar-refractivity contribution in [3.63, 3.8) is 0 Å². The summed E-state index contributed by atoms with van der Waals surface area (Å²) in [5.74, 6) is 0. The summed E-state index contributed by atoms with van der Waals surface area (Å²) in [6.07, 6.45) is 10.0. The summed E-state index contributed by atoms with van der Waals surface area (Å²) in [5.41, 5.74) is 0. The Bertz CT molecular complexity index is 671. The summed E-state index contributed by atoms with van der Waals surface area (Å²) >= 11 is 0. The minimum atomic E-state index is 0. The minimum Gasteiger partial charge on any atom is -1.00 e. The van der Waals surface area contributed by atoms with E-state index in [1.165, 1.54) is 21.0 Å². The molecular weight excluding hydrogens is 397 g/mol. The third-order valence-electron chi connectivity index (χ3n) is 2.92. The van der Waals surface area contributed by atoms with Crippen molar-refractivity contribution < 1.29 is 51.0 Å². The predicted molar refractivity (Wildman–Crippen MR) is 81.4 cm³/mol. The van der Waals surface area contributed by atoms with E-state index in [4.69, 9.17) is 0 Å². The molecule has 0 amide bonds. The molecule has 4 rings (SSSR count). The van der Waals surface area contributed by atoms with Gasteiger partial charge >= 0.3 is 26.2 Å². The molecule has 2 aromatic carbocycles. The van der Waals surface area contributed by atoms with E-state index in [2.05, 4.69) is 54.6 Å². The smallest absolute Gasteiger partial charge is 1.00 e. The third-order valence-corrected chi connectivity index (χ3v) is 4.29. The molecule has 4 heteroatoms. The van der Waals surface area contributed by atoms with Gasteiger partial charge in [-0.05, 0) is 5.12 Å². The Morgan fingerprint density at radius 3 is 2.38 bits per heavy atom. The molecule has 1 aromatic heterocycles. The first-order chi connectivity index (χ1) is 8.95. The van der Waals surface area contributed by atoms with E-state index in [-0.39, 0.29) is 51.0 Å². The fraction of sp³-hybridized carbons (Fsp3) is 0.0588. The summed E-state index contributed by atoms with van der Waals surface area (Å²) in [4.78, 5) is 0. The van der Waals surface area contributed by atoms with Crippen LogP contribution in [0.25, 0.3) is 21.0 Å². The standard InChI is InChI=1S/C12H8P.C5H5.2ClH.Zr/c1-3-7-11-9(5-1)10-6-2-4-8-12(10)13-11;1-2-4-5-3-1;;;/h1-7,13H;1-3H,4H2;2*1H;/q2*-1;;;+4/p-2. The number of allylic oxidation sites excluding steroid dienone is 4. The fourth-order valence-electron chi connectivity index (χ4n) is 2.07. The Balaban J connectivity index is 0.000000437. The van der Waals surface area contributed by atoms with Crippen molar-refractivity contribution in [2.45, 2.75) is 6.42 Å². The van der Waals surface area contributed by atoms with Gasteiger partial charge in [-0.15, -0.1) is 25.1 Å². The van der Waals surface area contributed by atoms with Gasteiger partial charge in [-0.2, -0.15) is 30.3 Å². The molecule has 0 radical (unpaired) electrons. The largest absolute Gasteiger partial charge is 4.00 e. The maximum atomic E-state index is 3.31. The molecule has 1 unspecified atom stereocenters. The molecule has 0 saturated heterocycles. The van der Waals surface area contributed by atoms with Gasteiger partial charge in [-0.1, -0.05) is 29.7 Å². The Morgan fingerprint density at radius 2 is 1.71 bits per heavy atom. The Hall–Kier alpha value is -0.317. The molecule has 0 saturated carbocycles. The molecule has 0 N–H and O–H groups in total. The van der Waals surface area contributed by atoms with Gasteiger partial charge in [-0.25, -0.2) is 12.2 Å². The first kappa shape index (κ1) is 20.7. The zero-order valence-electron chi connectivity index (χ0n) is 11.2. The van der Waals surface area contributed by atoms with Gasteiger partial charge in [0.25, 0.3) is 0 Å². The number of benzene rings is 2. The van der Waals surface area contributed by atoms with Gasteiger partial charge in [0, 0.05) is 0 Å². The molecule has 1 atom stereocenters. The van der Waals surface area contributed by atoms with E-state index in [9.17, 15) is 0 Å². The van der Waals surface area contributed by atoms with E-state index in [0.717, 1.165) is 14.6 Å². The molecule has 0 fully saturated rings. The van der Waals surface area contributed by atoms with E-state index >= 15 is 0 Å². The third kappa shape index (κ3) is 5.12. The van der Waals surface area contributed by atoms with Crippen molar-refractivity contribution in [2.75, 3.05) is 0 Å². The summed E-state index contributed by atoms with van der Waals surface area (Å²) in [6.45, 7) is 0. The molecule has 21 heavy (non-hydrogen) atoms. The first-order valence-electron chi connectivity index (χ1n) is 6.04. The predicted octanol–water partition coefficient (Wildman–Crippen LogP) is -0.864. The monoisotopic (exact) mass is 408 g/mol. The molecule has 3 aromatic rings. The zero-order chi connectivity index (χ0) is 12.2. The van der Waals surface area contributed by atoms with Gasteiger partial charge in [-0.3, -0.25) is 6.08 Å². The van der Waals surface area contributed by atoms with Gasteiger partial charge in [0.15, 0.2) is 0 Å². The van der Waals surface area contributed by atoms with Crippen LogP contribution >= 0.6 is 8.19 Å². The second-order valence-corrected chi connectivity index (χ2v) is 5.42. The number of hydrogen-bond donors (Lipinski definition) is 0. The molecule has 1 aliphatic rings. The van der Waals surface area contributed by atoms with Crippen LogP contribution in [-0.2, 0) is 26.2 Å². The molecule has 1 heterocycles. The van der Waals surface area contributed by atoms with E-state index in [1.54, 1.807) is 0 Å². The summed E-state index contributed by atoms with van der Waals surface area (Å²) < 4.78 is 0. The maximum Gasteiger partial charge on any atom is 4.00 e. The van der Waals surface area contributed by atoms with Gasteiger partial charge in [0.1, 0.15) is 0 Å². The van der Waals surface area contributed by atoms with Crippen molar-refractivity contribution >= 4 is 29.2 Å². The summed E-state index contributed by atoms with van der Waals surface area (Å²) in [7, 11) is 0.795. The molecule has 104 valence electrons. The SMILES string of the molecule is [C-]1=CC=CC1.[Cl-].[Cl-].[Zr+4].[c-]1cccc2c1[pH]c1ccccc12. The van der Waals surface area contributed by atoms with Gasteiger partial charge in [0.2, 0.25) is 0 Å². The summed E-state index contributed by atoms with van der Waals surface area (Å²) in [5, 5.41) is 5.59. The van der Waals surface area contributed by atoms with Crippen molar-refractivity contribution in [2.24, 2.45) is 0 Å². The van der Waals surface area contributed by atoms with Crippen LogP contribution in [0.4, 0.5) is 0 Å². The minimum absolute atomic E-state index is 0. The Labute approximate surface area is 158 Å². The number of fused-ring (bicyclic) bond motifs is 3. The van der Waals surface area contributed by atoms with Crippen LogP contribution < -0.4 is 24.8 Å². The fourth-order valence-corrected chi connectivity index (χ4v) is 3.38. The second-order valence-electron chi connectivity index (χ2n) is 4.13. The molecule has 0 bridgehead atoms. The molecule has 0 nitrogen and oxygen atoms in total. The molecule has 0 aliphatic heterocycles. The van der Waals surface area contributed by atoms with Crippen LogP contribution in [-0.4, -0.2) is 0 Å².